The van der Waals surface area contributed by atoms with Crippen LogP contribution in [-0.4, -0.2) is 37.0 Å². The van der Waals surface area contributed by atoms with Gasteiger partial charge in [-0.2, -0.15) is 4.31 Å². The largest absolute Gasteiger partial charge is 0.325 e. The fraction of sp³-hybridized carbons (Fsp3) is 0.300. The van der Waals surface area contributed by atoms with Crippen LogP contribution in [0, 0.1) is 0 Å². The van der Waals surface area contributed by atoms with Gasteiger partial charge in [0, 0.05) is 22.8 Å². The highest BCUT2D eigenvalue weighted by molar-refractivity contribution is 7.89. The molecule has 3 rings (SSSR count). The van der Waals surface area contributed by atoms with Crippen molar-refractivity contribution in [3.8, 4) is 0 Å². The molecule has 0 aliphatic carbocycles. The normalized spacial score (nSPS) is 17.9. The van der Waals surface area contributed by atoms with E-state index in [0.29, 0.717) is 29.1 Å². The number of piperidine rings is 1. The second-order valence-corrected chi connectivity index (χ2v) is 9.03. The number of nitrogens with zero attached hydrogens (tertiary/aromatic N) is 1. The Kier molecular flexibility index (Phi) is 6.17. The van der Waals surface area contributed by atoms with Gasteiger partial charge in [0.25, 0.3) is 0 Å². The van der Waals surface area contributed by atoms with Crippen LogP contribution in [0.15, 0.2) is 53.4 Å². The number of rotatable bonds is 5. The fourth-order valence-electron chi connectivity index (χ4n) is 3.24. The Labute approximate surface area is 169 Å². The lowest BCUT2D eigenvalue weighted by atomic mass is 10.0. The first kappa shape index (κ1) is 20.5. The summed E-state index contributed by atoms with van der Waals surface area (Å²) in [7, 11) is -3.86. The summed E-state index contributed by atoms with van der Waals surface area (Å²) in [6.45, 7) is 1.69. The van der Waals surface area contributed by atoms with E-state index in [1.54, 1.807) is 24.3 Å². The van der Waals surface area contributed by atoms with Gasteiger partial charge in [-0.1, -0.05) is 36.2 Å². The summed E-state index contributed by atoms with van der Waals surface area (Å²) < 4.78 is 27.5. The van der Waals surface area contributed by atoms with E-state index in [1.807, 2.05) is 0 Å². The number of carbonyl (C=O) groups is 2. The first-order chi connectivity index (χ1) is 13.3. The van der Waals surface area contributed by atoms with E-state index >= 15 is 0 Å². The van der Waals surface area contributed by atoms with Crippen molar-refractivity contribution in [2.75, 3.05) is 11.9 Å². The number of nitrogens with one attached hydrogen (secondary N) is 1. The number of sulfonamides is 1. The van der Waals surface area contributed by atoms with Crippen LogP contribution in [0.4, 0.5) is 5.69 Å². The fourth-order valence-corrected chi connectivity index (χ4v) is 5.09. The Morgan fingerprint density at radius 2 is 1.82 bits per heavy atom. The quantitative estimate of drug-likeness (QED) is 0.747. The molecule has 0 saturated carbocycles. The van der Waals surface area contributed by atoms with Gasteiger partial charge >= 0.3 is 0 Å². The minimum atomic E-state index is -3.86. The molecule has 1 saturated heterocycles. The lowest BCUT2D eigenvalue weighted by Crippen LogP contribution is -2.49. The van der Waals surface area contributed by atoms with Crippen molar-refractivity contribution in [1.82, 2.24) is 4.31 Å². The molecule has 0 radical (unpaired) electrons. The van der Waals surface area contributed by atoms with Crippen molar-refractivity contribution in [2.45, 2.75) is 37.1 Å². The van der Waals surface area contributed by atoms with Crippen LogP contribution in [-0.2, 0) is 14.8 Å². The molecule has 1 aliphatic rings. The molecule has 1 fully saturated rings. The summed E-state index contributed by atoms with van der Waals surface area (Å²) in [5.74, 6) is -0.522. The van der Waals surface area contributed by atoms with E-state index in [1.165, 1.54) is 35.5 Å². The first-order valence-electron chi connectivity index (χ1n) is 8.98. The third-order valence-corrected chi connectivity index (χ3v) is 6.87. The van der Waals surface area contributed by atoms with E-state index in [0.717, 1.165) is 6.42 Å². The number of halogens is 1. The summed E-state index contributed by atoms with van der Waals surface area (Å²) in [5, 5.41) is 3.24. The van der Waals surface area contributed by atoms with Gasteiger partial charge in [0.05, 0.1) is 4.90 Å². The minimum Gasteiger partial charge on any atom is -0.325 e. The maximum absolute atomic E-state index is 13.1. The van der Waals surface area contributed by atoms with Gasteiger partial charge in [0.15, 0.2) is 5.78 Å². The zero-order chi connectivity index (χ0) is 20.3. The molecule has 1 N–H and O–H groups in total. The van der Waals surface area contributed by atoms with Gasteiger partial charge in [-0.05, 0) is 50.1 Å². The molecule has 6 nitrogen and oxygen atoms in total. The van der Waals surface area contributed by atoms with Crippen LogP contribution in [0.25, 0.3) is 0 Å². The zero-order valence-corrected chi connectivity index (χ0v) is 17.0. The van der Waals surface area contributed by atoms with Crippen molar-refractivity contribution in [3.63, 3.8) is 0 Å². The minimum absolute atomic E-state index is 0.0694. The number of hydrogen-bond acceptors (Lipinski definition) is 4. The number of benzene rings is 2. The standard InChI is InChI=1S/C20H21ClN2O4S/c1-14(24)15-8-10-18(11-9-15)28(26,27)23-12-3-2-7-19(23)20(25)22-17-6-4-5-16(21)13-17/h4-6,8-11,13,19H,2-3,7,12H2,1H3,(H,22,25). The average Bonchev–Trinajstić information content (AvgIpc) is 2.68. The lowest BCUT2D eigenvalue weighted by Gasteiger charge is -2.33. The molecule has 1 heterocycles. The molecule has 0 spiro atoms. The van der Waals surface area contributed by atoms with E-state index < -0.39 is 16.1 Å². The summed E-state index contributed by atoms with van der Waals surface area (Å²) in [6, 6.07) is 11.7. The van der Waals surface area contributed by atoms with E-state index in [2.05, 4.69) is 5.32 Å². The second-order valence-electron chi connectivity index (χ2n) is 6.71. The first-order valence-corrected chi connectivity index (χ1v) is 10.8. The zero-order valence-electron chi connectivity index (χ0n) is 15.4. The Bertz CT molecular complexity index is 990. The van der Waals surface area contributed by atoms with Crippen LogP contribution in [0.5, 0.6) is 0 Å². The summed E-state index contributed by atoms with van der Waals surface area (Å²) in [5.41, 5.74) is 0.957. The molecule has 1 aliphatic heterocycles. The highest BCUT2D eigenvalue weighted by Gasteiger charge is 2.37. The molecule has 0 aromatic heterocycles. The number of anilines is 1. The smallest absolute Gasteiger partial charge is 0.243 e. The van der Waals surface area contributed by atoms with Crippen LogP contribution < -0.4 is 5.32 Å². The third-order valence-electron chi connectivity index (χ3n) is 4.72. The van der Waals surface area contributed by atoms with Gasteiger partial charge < -0.3 is 5.32 Å². The van der Waals surface area contributed by atoms with E-state index in [9.17, 15) is 18.0 Å². The molecule has 28 heavy (non-hydrogen) atoms. The molecule has 1 unspecified atom stereocenters. The highest BCUT2D eigenvalue weighted by atomic mass is 35.5. The molecule has 2 aromatic carbocycles. The molecule has 8 heteroatoms. The van der Waals surface area contributed by atoms with Gasteiger partial charge in [0.2, 0.25) is 15.9 Å². The molecule has 0 bridgehead atoms. The van der Waals surface area contributed by atoms with E-state index in [4.69, 9.17) is 11.6 Å². The second kappa shape index (κ2) is 8.43. The van der Waals surface area contributed by atoms with E-state index in [-0.39, 0.29) is 23.1 Å². The van der Waals surface area contributed by atoms with Gasteiger partial charge in [-0.15, -0.1) is 0 Å². The number of hydrogen-bond donors (Lipinski definition) is 1. The Balaban J connectivity index is 1.85. The lowest BCUT2D eigenvalue weighted by molar-refractivity contribution is -0.120. The number of ketones is 1. The number of amides is 1. The number of carbonyl (C=O) groups excluding carboxylic acids is 2. The Hall–Kier alpha value is -2.22. The van der Waals surface area contributed by atoms with Crippen molar-refractivity contribution in [2.24, 2.45) is 0 Å². The van der Waals surface area contributed by atoms with Crippen molar-refractivity contribution < 1.29 is 18.0 Å². The van der Waals surface area contributed by atoms with Crippen molar-refractivity contribution in [3.05, 3.63) is 59.1 Å². The van der Waals surface area contributed by atoms with Crippen molar-refractivity contribution in [1.29, 1.82) is 0 Å². The molecule has 1 atom stereocenters. The molecular weight excluding hydrogens is 400 g/mol. The van der Waals surface area contributed by atoms with Gasteiger partial charge in [-0.25, -0.2) is 8.42 Å². The van der Waals surface area contributed by atoms with Gasteiger partial charge in [-0.3, -0.25) is 9.59 Å². The van der Waals surface area contributed by atoms with Crippen LogP contribution in [0.2, 0.25) is 5.02 Å². The maximum atomic E-state index is 13.1. The highest BCUT2D eigenvalue weighted by Crippen LogP contribution is 2.27. The molecule has 2 aromatic rings. The van der Waals surface area contributed by atoms with Crippen LogP contribution in [0.1, 0.15) is 36.5 Å². The van der Waals surface area contributed by atoms with Crippen LogP contribution in [0.3, 0.4) is 0 Å². The summed E-state index contributed by atoms with van der Waals surface area (Å²) in [6.07, 6.45) is 1.89. The maximum Gasteiger partial charge on any atom is 0.243 e. The Morgan fingerprint density at radius 3 is 2.46 bits per heavy atom. The van der Waals surface area contributed by atoms with Gasteiger partial charge in [0.1, 0.15) is 6.04 Å². The molecule has 148 valence electrons. The topological polar surface area (TPSA) is 83.6 Å². The third kappa shape index (κ3) is 4.43. The van der Waals surface area contributed by atoms with Crippen LogP contribution >= 0.6 is 11.6 Å². The SMILES string of the molecule is CC(=O)c1ccc(S(=O)(=O)N2CCCCC2C(=O)Nc2cccc(Cl)c2)cc1. The monoisotopic (exact) mass is 420 g/mol. The summed E-state index contributed by atoms with van der Waals surface area (Å²) >= 11 is 5.95. The Morgan fingerprint density at radius 1 is 1.11 bits per heavy atom. The van der Waals surface area contributed by atoms with Crippen molar-refractivity contribution >= 4 is 39.0 Å². The molecule has 1 amide bonds. The summed E-state index contributed by atoms with van der Waals surface area (Å²) in [4.78, 5) is 24.3. The predicted octanol–water partition coefficient (Wildman–Crippen LogP) is 3.72. The molecular formula is C20H21ClN2O4S. The number of Topliss-reactive ketones (excluding diaryl/α,β-unsaturated/α-hetero) is 1. The average molecular weight is 421 g/mol. The predicted molar refractivity (Wildman–Crippen MR) is 108 cm³/mol.